The Morgan fingerprint density at radius 2 is 1.89 bits per heavy atom. The molecule has 1 amide bonds. The highest BCUT2D eigenvalue weighted by molar-refractivity contribution is 7.13. The largest absolute Gasteiger partial charge is 0.493 e. The molecule has 3 aromatic rings. The van der Waals surface area contributed by atoms with E-state index in [1.165, 1.54) is 5.56 Å². The van der Waals surface area contributed by atoms with Crippen LogP contribution in [0, 0.1) is 6.92 Å². The molecule has 1 heterocycles. The first kappa shape index (κ1) is 18.9. The van der Waals surface area contributed by atoms with Gasteiger partial charge in [0, 0.05) is 10.9 Å². The maximum Gasteiger partial charge on any atom is 0.224 e. The molecule has 0 atom stereocenters. The molecular formula is C21H22N2O3S. The molecule has 0 radical (unpaired) electrons. The zero-order valence-electron chi connectivity index (χ0n) is 15.6. The molecule has 0 saturated heterocycles. The molecule has 6 heteroatoms. The van der Waals surface area contributed by atoms with E-state index in [2.05, 4.69) is 29.4 Å². The van der Waals surface area contributed by atoms with Crippen LogP contribution >= 0.6 is 11.3 Å². The number of ether oxygens (including phenoxy) is 2. The molecule has 1 aromatic heterocycles. The lowest BCUT2D eigenvalue weighted by molar-refractivity contribution is -0.120. The molecule has 0 spiro atoms. The number of hydrogen-bond acceptors (Lipinski definition) is 5. The Labute approximate surface area is 163 Å². The second-order valence-electron chi connectivity index (χ2n) is 6.10. The quantitative estimate of drug-likeness (QED) is 0.671. The van der Waals surface area contributed by atoms with E-state index in [4.69, 9.17) is 9.47 Å². The third-order valence-electron chi connectivity index (χ3n) is 4.21. The molecule has 0 bridgehead atoms. The minimum atomic E-state index is -0.0624. The Morgan fingerprint density at radius 1 is 1.11 bits per heavy atom. The minimum Gasteiger partial charge on any atom is -0.493 e. The van der Waals surface area contributed by atoms with Gasteiger partial charge in [0.2, 0.25) is 5.91 Å². The third-order valence-corrected chi connectivity index (χ3v) is 5.13. The lowest BCUT2D eigenvalue weighted by Crippen LogP contribution is -2.24. The van der Waals surface area contributed by atoms with Gasteiger partial charge in [-0.2, -0.15) is 0 Å². The van der Waals surface area contributed by atoms with Gasteiger partial charge in [-0.1, -0.05) is 30.3 Å². The van der Waals surface area contributed by atoms with Gasteiger partial charge in [0.05, 0.1) is 32.9 Å². The zero-order chi connectivity index (χ0) is 19.2. The highest BCUT2D eigenvalue weighted by Gasteiger charge is 2.10. The van der Waals surface area contributed by atoms with Crippen molar-refractivity contribution < 1.29 is 14.3 Å². The maximum atomic E-state index is 12.3. The first-order chi connectivity index (χ1) is 13.1. The molecule has 0 fully saturated rings. The molecule has 0 aliphatic carbocycles. The number of hydrogen-bond donors (Lipinski definition) is 1. The van der Waals surface area contributed by atoms with Gasteiger partial charge in [-0.3, -0.25) is 4.79 Å². The summed E-state index contributed by atoms with van der Waals surface area (Å²) in [6, 6.07) is 13.6. The van der Waals surface area contributed by atoms with Crippen molar-refractivity contribution in [3.8, 4) is 22.1 Å². The maximum absolute atomic E-state index is 12.3. The Hall–Kier alpha value is -2.86. The van der Waals surface area contributed by atoms with Crippen molar-refractivity contribution in [2.75, 3.05) is 14.2 Å². The van der Waals surface area contributed by atoms with Crippen LogP contribution in [-0.4, -0.2) is 25.1 Å². The number of rotatable bonds is 7. The summed E-state index contributed by atoms with van der Waals surface area (Å²) in [5, 5.41) is 5.88. The molecule has 0 saturated carbocycles. The summed E-state index contributed by atoms with van der Waals surface area (Å²) in [6.45, 7) is 2.48. The number of aryl methyl sites for hydroxylation is 1. The van der Waals surface area contributed by atoms with Gasteiger partial charge in [-0.05, 0) is 30.2 Å². The predicted molar refractivity (Wildman–Crippen MR) is 107 cm³/mol. The van der Waals surface area contributed by atoms with E-state index in [1.807, 2.05) is 29.6 Å². The van der Waals surface area contributed by atoms with Crippen molar-refractivity contribution in [3.05, 3.63) is 64.7 Å². The standard InChI is InChI=1S/C21H22N2O3S/c1-14-6-4-5-7-17(14)21-23-16(13-27-21)12-22-20(24)11-15-8-9-18(25-2)19(10-15)26-3/h4-10,13H,11-12H2,1-3H3,(H,22,24). The van der Waals surface area contributed by atoms with Crippen molar-refractivity contribution in [1.29, 1.82) is 0 Å². The van der Waals surface area contributed by atoms with E-state index in [0.717, 1.165) is 21.8 Å². The Bertz CT molecular complexity index is 937. The number of amides is 1. The molecule has 1 N–H and O–H groups in total. The summed E-state index contributed by atoms with van der Waals surface area (Å²) in [5.74, 6) is 1.20. The number of nitrogens with zero attached hydrogens (tertiary/aromatic N) is 1. The molecule has 0 aliphatic heterocycles. The van der Waals surface area contributed by atoms with E-state index in [-0.39, 0.29) is 12.3 Å². The molecule has 3 rings (SSSR count). The smallest absolute Gasteiger partial charge is 0.224 e. The Morgan fingerprint density at radius 3 is 2.63 bits per heavy atom. The summed E-state index contributed by atoms with van der Waals surface area (Å²) in [5.41, 5.74) is 4.05. The van der Waals surface area contributed by atoms with Crippen molar-refractivity contribution in [2.24, 2.45) is 0 Å². The van der Waals surface area contributed by atoms with Crippen LogP contribution in [0.1, 0.15) is 16.8 Å². The van der Waals surface area contributed by atoms with Gasteiger partial charge in [0.15, 0.2) is 11.5 Å². The van der Waals surface area contributed by atoms with Gasteiger partial charge < -0.3 is 14.8 Å². The second kappa shape index (κ2) is 8.68. The fourth-order valence-electron chi connectivity index (χ4n) is 2.75. The third kappa shape index (κ3) is 4.65. The summed E-state index contributed by atoms with van der Waals surface area (Å²) in [7, 11) is 3.17. The van der Waals surface area contributed by atoms with Crippen LogP contribution in [0.15, 0.2) is 47.8 Å². The first-order valence-electron chi connectivity index (χ1n) is 8.58. The first-order valence-corrected chi connectivity index (χ1v) is 9.46. The highest BCUT2D eigenvalue weighted by atomic mass is 32.1. The molecule has 2 aromatic carbocycles. The molecular weight excluding hydrogens is 360 g/mol. The van der Waals surface area contributed by atoms with Gasteiger partial charge >= 0.3 is 0 Å². The fourth-order valence-corrected chi connectivity index (χ4v) is 3.66. The average molecular weight is 382 g/mol. The normalized spacial score (nSPS) is 10.5. The average Bonchev–Trinajstić information content (AvgIpc) is 3.15. The summed E-state index contributed by atoms with van der Waals surface area (Å²) >= 11 is 1.59. The van der Waals surface area contributed by atoms with Crippen molar-refractivity contribution >= 4 is 17.2 Å². The SMILES string of the molecule is COc1ccc(CC(=O)NCc2csc(-c3ccccc3C)n2)cc1OC. The number of aromatic nitrogens is 1. The number of carbonyl (C=O) groups excluding carboxylic acids is 1. The second-order valence-corrected chi connectivity index (χ2v) is 6.96. The monoisotopic (exact) mass is 382 g/mol. The van der Waals surface area contributed by atoms with Gasteiger partial charge in [0.25, 0.3) is 0 Å². The van der Waals surface area contributed by atoms with Crippen molar-refractivity contribution in [1.82, 2.24) is 10.3 Å². The zero-order valence-corrected chi connectivity index (χ0v) is 16.4. The van der Waals surface area contributed by atoms with Gasteiger partial charge in [-0.15, -0.1) is 11.3 Å². The number of nitrogens with one attached hydrogen (secondary N) is 1. The molecule has 140 valence electrons. The highest BCUT2D eigenvalue weighted by Crippen LogP contribution is 2.28. The predicted octanol–water partition coefficient (Wildman–Crippen LogP) is 3.99. The van der Waals surface area contributed by atoms with Crippen molar-refractivity contribution in [2.45, 2.75) is 19.9 Å². The van der Waals surface area contributed by atoms with Crippen LogP contribution in [0.3, 0.4) is 0 Å². The van der Waals surface area contributed by atoms with E-state index >= 15 is 0 Å². The van der Waals surface area contributed by atoms with Crippen LogP contribution < -0.4 is 14.8 Å². The van der Waals surface area contributed by atoms with Gasteiger partial charge in [0.1, 0.15) is 5.01 Å². The lowest BCUT2D eigenvalue weighted by atomic mass is 10.1. The summed E-state index contributed by atoms with van der Waals surface area (Å²) in [6.07, 6.45) is 0.273. The molecule has 0 aliphatic rings. The van der Waals surface area contributed by atoms with E-state index in [9.17, 15) is 4.79 Å². The fraction of sp³-hybridized carbons (Fsp3) is 0.238. The topological polar surface area (TPSA) is 60.5 Å². The van der Waals surface area contributed by atoms with Crippen LogP contribution in [0.4, 0.5) is 0 Å². The molecule has 27 heavy (non-hydrogen) atoms. The Balaban J connectivity index is 1.59. The van der Waals surface area contributed by atoms with E-state index in [1.54, 1.807) is 31.6 Å². The number of methoxy groups -OCH3 is 2. The van der Waals surface area contributed by atoms with Crippen LogP contribution in [0.2, 0.25) is 0 Å². The lowest BCUT2D eigenvalue weighted by Gasteiger charge is -2.09. The van der Waals surface area contributed by atoms with Crippen LogP contribution in [-0.2, 0) is 17.8 Å². The van der Waals surface area contributed by atoms with E-state index in [0.29, 0.717) is 18.0 Å². The summed E-state index contributed by atoms with van der Waals surface area (Å²) < 4.78 is 10.5. The van der Waals surface area contributed by atoms with Crippen molar-refractivity contribution in [3.63, 3.8) is 0 Å². The number of thiazole rings is 1. The molecule has 0 unspecified atom stereocenters. The number of benzene rings is 2. The van der Waals surface area contributed by atoms with E-state index < -0.39 is 0 Å². The van der Waals surface area contributed by atoms with Gasteiger partial charge in [-0.25, -0.2) is 4.98 Å². The Kier molecular flexibility index (Phi) is 6.08. The number of carbonyl (C=O) groups is 1. The van der Waals surface area contributed by atoms with Crippen LogP contribution in [0.25, 0.3) is 10.6 Å². The van der Waals surface area contributed by atoms with Crippen LogP contribution in [0.5, 0.6) is 11.5 Å². The summed E-state index contributed by atoms with van der Waals surface area (Å²) in [4.78, 5) is 16.9. The minimum absolute atomic E-state index is 0.0624. The molecule has 5 nitrogen and oxygen atoms in total.